The van der Waals surface area contributed by atoms with Crippen LogP contribution in [-0.4, -0.2) is 60.8 Å². The van der Waals surface area contributed by atoms with E-state index in [4.69, 9.17) is 19.9 Å². The molecule has 186 valence electrons. The lowest BCUT2D eigenvalue weighted by Crippen LogP contribution is -2.48. The second-order valence-corrected chi connectivity index (χ2v) is 9.58. The van der Waals surface area contributed by atoms with Crippen molar-refractivity contribution in [2.24, 2.45) is 11.7 Å². The van der Waals surface area contributed by atoms with Gasteiger partial charge in [0, 0.05) is 16.4 Å². The summed E-state index contributed by atoms with van der Waals surface area (Å²) in [6, 6.07) is 9.58. The fourth-order valence-corrected chi connectivity index (χ4v) is 6.02. The Morgan fingerprint density at radius 3 is 2.30 bits per heavy atom. The first kappa shape index (κ1) is 29.5. The molecule has 33 heavy (non-hydrogen) atoms. The third-order valence-electron chi connectivity index (χ3n) is 4.77. The van der Waals surface area contributed by atoms with Crippen molar-refractivity contribution in [2.75, 3.05) is 26.0 Å². The summed E-state index contributed by atoms with van der Waals surface area (Å²) in [4.78, 5) is 37.4. The zero-order chi connectivity index (χ0) is 24.6. The number of nitrogens with two attached hydrogens (primary N) is 1. The number of nitrogens with one attached hydrogen (secondary N) is 1. The number of carbonyl (C=O) groups excluding carboxylic acids is 3. The number of ether oxygens (including phenoxy) is 3. The van der Waals surface area contributed by atoms with Gasteiger partial charge in [-0.1, -0.05) is 41.1 Å². The summed E-state index contributed by atoms with van der Waals surface area (Å²) in [5.41, 5.74) is 6.74. The van der Waals surface area contributed by atoms with E-state index in [2.05, 4.69) is 17.0 Å². The van der Waals surface area contributed by atoms with E-state index >= 15 is 0 Å². The molecule has 1 aromatic carbocycles. The zero-order valence-electron chi connectivity index (χ0n) is 19.2. The van der Waals surface area contributed by atoms with Crippen LogP contribution >= 0.6 is 34.2 Å². The smallest absolute Gasteiger partial charge is 0.462 e. The normalized spacial score (nSPS) is 14.5. The van der Waals surface area contributed by atoms with Gasteiger partial charge in [0.25, 0.3) is 6.23 Å². The van der Waals surface area contributed by atoms with Gasteiger partial charge in [0.2, 0.25) is 5.91 Å². The summed E-state index contributed by atoms with van der Waals surface area (Å²) >= 11 is 6.13. The second kappa shape index (κ2) is 17.0. The maximum absolute atomic E-state index is 13.3. The highest BCUT2D eigenvalue weighted by atomic mass is 33.1. The predicted molar refractivity (Wildman–Crippen MR) is 136 cm³/mol. The molecule has 0 aliphatic carbocycles. The third-order valence-corrected chi connectivity index (χ3v) is 7.71. The van der Waals surface area contributed by atoms with Crippen molar-refractivity contribution in [2.45, 2.75) is 49.8 Å². The maximum Gasteiger partial charge on any atom is 0.510 e. The molecule has 0 saturated heterocycles. The van der Waals surface area contributed by atoms with Gasteiger partial charge in [-0.2, -0.15) is 11.8 Å². The first-order valence-electron chi connectivity index (χ1n) is 10.8. The molecule has 1 aromatic rings. The molecule has 1 amide bonds. The Bertz CT molecular complexity index is 725. The number of benzene rings is 1. The molecule has 0 spiro atoms. The molecule has 0 aliphatic rings. The number of hydrogen-bond acceptors (Lipinski definition) is 10. The van der Waals surface area contributed by atoms with Gasteiger partial charge in [0.05, 0.1) is 13.2 Å². The van der Waals surface area contributed by atoms with E-state index in [0.717, 1.165) is 12.0 Å². The van der Waals surface area contributed by atoms with Gasteiger partial charge in [0.15, 0.2) is 0 Å². The third kappa shape index (κ3) is 10.9. The van der Waals surface area contributed by atoms with Crippen LogP contribution in [0.2, 0.25) is 0 Å². The van der Waals surface area contributed by atoms with Crippen LogP contribution in [-0.2, 0) is 30.2 Å². The molecule has 4 unspecified atom stereocenters. The number of rotatable bonds is 15. The molecule has 0 bridgehead atoms. The van der Waals surface area contributed by atoms with Gasteiger partial charge in [-0.3, -0.25) is 4.79 Å². The first-order valence-corrected chi connectivity index (χ1v) is 14.0. The van der Waals surface area contributed by atoms with Crippen LogP contribution in [0.25, 0.3) is 0 Å². The summed E-state index contributed by atoms with van der Waals surface area (Å²) < 4.78 is 14.7. The molecule has 11 heteroatoms. The quantitative estimate of drug-likeness (QED) is 0.139. The van der Waals surface area contributed by atoms with E-state index in [0.29, 0.717) is 19.4 Å². The van der Waals surface area contributed by atoms with Gasteiger partial charge in [-0.05, 0) is 51.5 Å². The first-order chi connectivity index (χ1) is 15.9. The fraction of sp³-hybridized carbons (Fsp3) is 0.591. The Kier molecular flexibility index (Phi) is 15.1. The SMILES string of the molecule is CCOC(=O)OC(NC(=O)C(Cc1ccccc1)CC(SS)C(CCN)SC)C(=O)OCC. The van der Waals surface area contributed by atoms with Crippen molar-refractivity contribution in [1.82, 2.24) is 5.32 Å². The van der Waals surface area contributed by atoms with Gasteiger partial charge in [0.1, 0.15) is 0 Å². The standard InChI is InChI=1S/C22H34N2O6S3/c1-4-28-21(26)20(30-22(27)29-5-2)24-19(25)16(13-15-9-7-6-8-10-15)14-18(33-31)17(32-3)11-12-23/h6-10,16-18,20,31H,4-5,11-14,23H2,1-3H3,(H,24,25). The number of hydrogen-bond donors (Lipinski definition) is 3. The Morgan fingerprint density at radius 2 is 1.76 bits per heavy atom. The van der Waals surface area contributed by atoms with E-state index in [1.807, 2.05) is 36.6 Å². The van der Waals surface area contributed by atoms with Crippen molar-refractivity contribution in [3.05, 3.63) is 35.9 Å². The molecule has 4 atom stereocenters. The van der Waals surface area contributed by atoms with Gasteiger partial charge in [-0.15, -0.1) is 11.7 Å². The minimum atomic E-state index is -1.60. The number of amides is 1. The average Bonchev–Trinajstić information content (AvgIpc) is 2.81. The topological polar surface area (TPSA) is 117 Å². The Hall–Kier alpha value is -1.56. The molecule has 0 fully saturated rings. The van der Waals surface area contributed by atoms with Crippen LogP contribution < -0.4 is 11.1 Å². The summed E-state index contributed by atoms with van der Waals surface area (Å²) in [6.07, 6.45) is 1.07. The van der Waals surface area contributed by atoms with Gasteiger partial charge in [-0.25, -0.2) is 9.59 Å². The lowest BCUT2D eigenvalue weighted by atomic mass is 9.92. The molecular weight excluding hydrogens is 484 g/mol. The molecule has 0 aliphatic heterocycles. The van der Waals surface area contributed by atoms with E-state index in [1.54, 1.807) is 25.6 Å². The predicted octanol–water partition coefficient (Wildman–Crippen LogP) is 3.44. The molecular formula is C22H34N2O6S3. The zero-order valence-corrected chi connectivity index (χ0v) is 21.8. The Balaban J connectivity index is 3.10. The minimum Gasteiger partial charge on any atom is -0.462 e. The number of carbonyl (C=O) groups is 3. The van der Waals surface area contributed by atoms with E-state index in [9.17, 15) is 14.4 Å². The highest BCUT2D eigenvalue weighted by molar-refractivity contribution is 8.69. The number of thiol groups is 1. The highest BCUT2D eigenvalue weighted by Crippen LogP contribution is 2.33. The number of esters is 1. The summed E-state index contributed by atoms with van der Waals surface area (Å²) in [5, 5.41) is 2.78. The van der Waals surface area contributed by atoms with Crippen LogP contribution in [0.3, 0.4) is 0 Å². The Labute approximate surface area is 209 Å². The van der Waals surface area contributed by atoms with Crippen LogP contribution in [0.5, 0.6) is 0 Å². The summed E-state index contributed by atoms with van der Waals surface area (Å²) in [7, 11) is 1.39. The fourth-order valence-electron chi connectivity index (χ4n) is 3.19. The van der Waals surface area contributed by atoms with Crippen LogP contribution in [0.4, 0.5) is 4.79 Å². The molecule has 0 radical (unpaired) electrons. The Morgan fingerprint density at radius 1 is 1.09 bits per heavy atom. The maximum atomic E-state index is 13.3. The molecule has 3 N–H and O–H groups in total. The van der Waals surface area contributed by atoms with E-state index in [-0.39, 0.29) is 23.7 Å². The molecule has 0 saturated carbocycles. The highest BCUT2D eigenvalue weighted by Gasteiger charge is 2.33. The van der Waals surface area contributed by atoms with Crippen molar-refractivity contribution in [1.29, 1.82) is 0 Å². The molecule has 0 aromatic heterocycles. The van der Waals surface area contributed by atoms with Gasteiger partial charge < -0.3 is 25.3 Å². The minimum absolute atomic E-state index is 0.0402. The molecule has 1 rings (SSSR count). The van der Waals surface area contributed by atoms with Crippen LogP contribution in [0.15, 0.2) is 30.3 Å². The molecule has 8 nitrogen and oxygen atoms in total. The largest absolute Gasteiger partial charge is 0.510 e. The average molecular weight is 519 g/mol. The lowest BCUT2D eigenvalue weighted by Gasteiger charge is -2.28. The molecule has 0 heterocycles. The summed E-state index contributed by atoms with van der Waals surface area (Å²) in [5.74, 6) is -1.81. The summed E-state index contributed by atoms with van der Waals surface area (Å²) in [6.45, 7) is 3.89. The van der Waals surface area contributed by atoms with Crippen molar-refractivity contribution < 1.29 is 28.6 Å². The van der Waals surface area contributed by atoms with Crippen molar-refractivity contribution in [3.63, 3.8) is 0 Å². The van der Waals surface area contributed by atoms with Gasteiger partial charge >= 0.3 is 12.1 Å². The second-order valence-electron chi connectivity index (χ2n) is 7.06. The lowest BCUT2D eigenvalue weighted by molar-refractivity contribution is -0.159. The van der Waals surface area contributed by atoms with E-state index < -0.39 is 30.2 Å². The van der Waals surface area contributed by atoms with Crippen molar-refractivity contribution in [3.8, 4) is 0 Å². The van der Waals surface area contributed by atoms with Crippen LogP contribution in [0.1, 0.15) is 32.3 Å². The van der Waals surface area contributed by atoms with Crippen LogP contribution in [0, 0.1) is 5.92 Å². The van der Waals surface area contributed by atoms with E-state index in [1.165, 1.54) is 10.8 Å². The monoisotopic (exact) mass is 518 g/mol. The number of thioether (sulfide) groups is 1. The van der Waals surface area contributed by atoms with Crippen molar-refractivity contribution >= 4 is 52.2 Å².